The lowest BCUT2D eigenvalue weighted by atomic mass is 10.1. The van der Waals surface area contributed by atoms with Crippen LogP contribution in [0.25, 0.3) is 11.3 Å². The molecule has 1 heterocycles. The van der Waals surface area contributed by atoms with E-state index in [1.165, 1.54) is 6.33 Å². The second-order valence-corrected chi connectivity index (χ2v) is 5.32. The second kappa shape index (κ2) is 7.57. The predicted molar refractivity (Wildman–Crippen MR) is 93.9 cm³/mol. The van der Waals surface area contributed by atoms with Crippen LogP contribution in [0.15, 0.2) is 67.0 Å². The molecule has 0 spiro atoms. The van der Waals surface area contributed by atoms with Gasteiger partial charge in [-0.1, -0.05) is 30.3 Å². The summed E-state index contributed by atoms with van der Waals surface area (Å²) >= 11 is 0. The van der Waals surface area contributed by atoms with E-state index in [9.17, 15) is 5.11 Å². The second-order valence-electron chi connectivity index (χ2n) is 5.32. The first kappa shape index (κ1) is 16.0. The standard InChI is InChI=1S/C19H19N3O2/c1-24-16-9-7-14(8-10-16)17-11-19(22-13-21-17)20-12-18(23)15-5-3-2-4-6-15/h2-11,13,18,23H,12H2,1H3,(H,20,21,22). The molecule has 0 aliphatic rings. The van der Waals surface area contributed by atoms with Crippen LogP contribution < -0.4 is 10.1 Å². The van der Waals surface area contributed by atoms with E-state index in [2.05, 4.69) is 15.3 Å². The number of nitrogens with zero attached hydrogens (tertiary/aromatic N) is 2. The predicted octanol–water partition coefficient (Wildman–Crippen LogP) is 3.30. The molecule has 0 bridgehead atoms. The van der Waals surface area contributed by atoms with Crippen LogP contribution in [0.2, 0.25) is 0 Å². The maximum atomic E-state index is 10.2. The van der Waals surface area contributed by atoms with Crippen LogP contribution >= 0.6 is 0 Å². The van der Waals surface area contributed by atoms with Crippen molar-refractivity contribution in [2.45, 2.75) is 6.10 Å². The molecule has 122 valence electrons. The van der Waals surface area contributed by atoms with Gasteiger partial charge in [-0.05, 0) is 29.8 Å². The van der Waals surface area contributed by atoms with E-state index in [0.717, 1.165) is 22.6 Å². The first-order valence-electron chi connectivity index (χ1n) is 7.69. The van der Waals surface area contributed by atoms with Gasteiger partial charge in [0.25, 0.3) is 0 Å². The van der Waals surface area contributed by atoms with Gasteiger partial charge in [-0.25, -0.2) is 9.97 Å². The third-order valence-electron chi connectivity index (χ3n) is 3.71. The number of benzene rings is 2. The van der Waals surface area contributed by atoms with Crippen LogP contribution in [0.1, 0.15) is 11.7 Å². The number of hydrogen-bond donors (Lipinski definition) is 2. The highest BCUT2D eigenvalue weighted by Gasteiger charge is 2.08. The molecule has 0 amide bonds. The Morgan fingerprint density at radius 1 is 1.04 bits per heavy atom. The summed E-state index contributed by atoms with van der Waals surface area (Å²) < 4.78 is 5.16. The van der Waals surface area contributed by atoms with Gasteiger partial charge in [-0.2, -0.15) is 0 Å². The Morgan fingerprint density at radius 3 is 2.50 bits per heavy atom. The Balaban J connectivity index is 1.68. The van der Waals surface area contributed by atoms with Crippen molar-refractivity contribution in [3.63, 3.8) is 0 Å². The van der Waals surface area contributed by atoms with Crippen molar-refractivity contribution >= 4 is 5.82 Å². The van der Waals surface area contributed by atoms with E-state index in [1.807, 2.05) is 60.7 Å². The Kier molecular flexibility index (Phi) is 5.03. The Labute approximate surface area is 141 Å². The van der Waals surface area contributed by atoms with Crippen LogP contribution in [0.3, 0.4) is 0 Å². The van der Waals surface area contributed by atoms with E-state index in [0.29, 0.717) is 12.4 Å². The van der Waals surface area contributed by atoms with Crippen LogP contribution in [0, 0.1) is 0 Å². The largest absolute Gasteiger partial charge is 0.497 e. The van der Waals surface area contributed by atoms with Gasteiger partial charge in [0.15, 0.2) is 0 Å². The summed E-state index contributed by atoms with van der Waals surface area (Å²) in [6.45, 7) is 0.378. The summed E-state index contributed by atoms with van der Waals surface area (Å²) in [5, 5.41) is 13.4. The average molecular weight is 321 g/mol. The van der Waals surface area contributed by atoms with E-state index in [1.54, 1.807) is 7.11 Å². The van der Waals surface area contributed by atoms with Crippen molar-refractivity contribution < 1.29 is 9.84 Å². The van der Waals surface area contributed by atoms with Crippen molar-refractivity contribution in [2.24, 2.45) is 0 Å². The molecule has 1 aromatic heterocycles. The highest BCUT2D eigenvalue weighted by atomic mass is 16.5. The molecule has 1 unspecified atom stereocenters. The third kappa shape index (κ3) is 3.88. The van der Waals surface area contributed by atoms with Crippen molar-refractivity contribution in [2.75, 3.05) is 19.0 Å². The number of anilines is 1. The van der Waals surface area contributed by atoms with Gasteiger partial charge in [0.2, 0.25) is 0 Å². The summed E-state index contributed by atoms with van der Waals surface area (Å²) in [5.41, 5.74) is 2.66. The molecule has 3 aromatic rings. The minimum atomic E-state index is -0.592. The van der Waals surface area contributed by atoms with Gasteiger partial charge in [0.1, 0.15) is 17.9 Å². The number of aliphatic hydroxyl groups excluding tert-OH is 1. The molecule has 0 aliphatic carbocycles. The molecule has 2 N–H and O–H groups in total. The van der Waals surface area contributed by atoms with Crippen molar-refractivity contribution in [3.05, 3.63) is 72.6 Å². The molecule has 5 heteroatoms. The zero-order chi connectivity index (χ0) is 16.8. The fraction of sp³-hybridized carbons (Fsp3) is 0.158. The van der Waals surface area contributed by atoms with Crippen LogP contribution in [-0.4, -0.2) is 28.7 Å². The monoisotopic (exact) mass is 321 g/mol. The molecule has 2 aromatic carbocycles. The summed E-state index contributed by atoms with van der Waals surface area (Å²) in [6, 6.07) is 19.1. The lowest BCUT2D eigenvalue weighted by Crippen LogP contribution is -2.13. The van der Waals surface area contributed by atoms with Gasteiger partial charge in [-0.3, -0.25) is 0 Å². The molecule has 0 radical (unpaired) electrons. The zero-order valence-corrected chi connectivity index (χ0v) is 13.4. The summed E-state index contributed by atoms with van der Waals surface area (Å²) in [6.07, 6.45) is 0.919. The van der Waals surface area contributed by atoms with Gasteiger partial charge >= 0.3 is 0 Å². The number of aliphatic hydroxyl groups is 1. The molecule has 0 saturated carbocycles. The molecule has 0 aliphatic heterocycles. The summed E-state index contributed by atoms with van der Waals surface area (Å²) in [4.78, 5) is 8.50. The molecule has 24 heavy (non-hydrogen) atoms. The molecular weight excluding hydrogens is 302 g/mol. The van der Waals surface area contributed by atoms with Crippen LogP contribution in [0.4, 0.5) is 5.82 Å². The number of nitrogens with one attached hydrogen (secondary N) is 1. The third-order valence-corrected chi connectivity index (χ3v) is 3.71. The van der Waals surface area contributed by atoms with E-state index in [-0.39, 0.29) is 0 Å². The summed E-state index contributed by atoms with van der Waals surface area (Å²) in [5.74, 6) is 1.47. The van der Waals surface area contributed by atoms with Crippen molar-refractivity contribution in [1.29, 1.82) is 0 Å². The zero-order valence-electron chi connectivity index (χ0n) is 13.4. The minimum Gasteiger partial charge on any atom is -0.497 e. The lowest BCUT2D eigenvalue weighted by Gasteiger charge is -2.13. The van der Waals surface area contributed by atoms with Crippen molar-refractivity contribution in [3.8, 4) is 17.0 Å². The number of aromatic nitrogens is 2. The molecule has 1 atom stereocenters. The normalized spacial score (nSPS) is 11.8. The maximum absolute atomic E-state index is 10.2. The van der Waals surface area contributed by atoms with Gasteiger partial charge in [0, 0.05) is 18.2 Å². The molecule has 3 rings (SSSR count). The molecule has 5 nitrogen and oxygen atoms in total. The van der Waals surface area contributed by atoms with E-state index < -0.39 is 6.10 Å². The Hall–Kier alpha value is -2.92. The van der Waals surface area contributed by atoms with Gasteiger partial charge in [0.05, 0.1) is 18.9 Å². The highest BCUT2D eigenvalue weighted by molar-refractivity contribution is 5.62. The van der Waals surface area contributed by atoms with Crippen LogP contribution in [-0.2, 0) is 0 Å². The topological polar surface area (TPSA) is 67.3 Å². The smallest absolute Gasteiger partial charge is 0.130 e. The first-order chi connectivity index (χ1) is 11.8. The highest BCUT2D eigenvalue weighted by Crippen LogP contribution is 2.22. The number of rotatable bonds is 6. The van der Waals surface area contributed by atoms with E-state index >= 15 is 0 Å². The number of ether oxygens (including phenoxy) is 1. The lowest BCUT2D eigenvalue weighted by molar-refractivity contribution is 0.191. The fourth-order valence-electron chi connectivity index (χ4n) is 2.37. The SMILES string of the molecule is COc1ccc(-c2cc(NCC(O)c3ccccc3)ncn2)cc1. The Bertz CT molecular complexity index is 776. The molecule has 0 fully saturated rings. The quantitative estimate of drug-likeness (QED) is 0.729. The van der Waals surface area contributed by atoms with Gasteiger partial charge in [-0.15, -0.1) is 0 Å². The summed E-state index contributed by atoms with van der Waals surface area (Å²) in [7, 11) is 1.64. The van der Waals surface area contributed by atoms with Crippen molar-refractivity contribution in [1.82, 2.24) is 9.97 Å². The number of methoxy groups -OCH3 is 1. The first-order valence-corrected chi connectivity index (χ1v) is 7.69. The van der Waals surface area contributed by atoms with Gasteiger partial charge < -0.3 is 15.2 Å². The molecule has 0 saturated heterocycles. The van der Waals surface area contributed by atoms with E-state index in [4.69, 9.17) is 4.74 Å². The average Bonchev–Trinajstić information content (AvgIpc) is 2.67. The number of hydrogen-bond acceptors (Lipinski definition) is 5. The minimum absolute atomic E-state index is 0.378. The molecular formula is C19H19N3O2. The van der Waals surface area contributed by atoms with Crippen LogP contribution in [0.5, 0.6) is 5.75 Å². The fourth-order valence-corrected chi connectivity index (χ4v) is 2.37. The Morgan fingerprint density at radius 2 is 1.79 bits per heavy atom. The maximum Gasteiger partial charge on any atom is 0.130 e.